The summed E-state index contributed by atoms with van der Waals surface area (Å²) < 4.78 is 0. The molecule has 0 unspecified atom stereocenters. The van der Waals surface area contributed by atoms with Crippen molar-refractivity contribution in [3.63, 3.8) is 0 Å². The van der Waals surface area contributed by atoms with Gasteiger partial charge in [0.05, 0.1) is 15.5 Å². The Kier molecular flexibility index (Phi) is 6.46. The number of benzene rings is 1. The molecule has 0 spiro atoms. The molecule has 1 heterocycles. The standard InChI is InChI=1S/C18H19ClN4O4/c1-10(2)16(18(25)21-15-8-11(3)6-7-20-15)22-17(24)13-5-4-12(23(26)27)9-14(13)19/h4-10,16H,1-3H3,(H,22,24)(H,20,21,25)/t16-/m0/s1. The van der Waals surface area contributed by atoms with Gasteiger partial charge < -0.3 is 10.6 Å². The third-order valence-corrected chi connectivity index (χ3v) is 4.12. The van der Waals surface area contributed by atoms with Crippen molar-refractivity contribution in [3.8, 4) is 0 Å². The molecule has 0 radical (unpaired) electrons. The van der Waals surface area contributed by atoms with Gasteiger partial charge in [0.2, 0.25) is 5.91 Å². The zero-order valence-electron chi connectivity index (χ0n) is 15.0. The molecule has 142 valence electrons. The number of anilines is 1. The fraction of sp³-hybridized carbons (Fsp3) is 0.278. The lowest BCUT2D eigenvalue weighted by atomic mass is 10.0. The van der Waals surface area contributed by atoms with E-state index in [1.807, 2.05) is 6.92 Å². The van der Waals surface area contributed by atoms with Crippen LogP contribution in [-0.2, 0) is 4.79 Å². The van der Waals surface area contributed by atoms with Crippen molar-refractivity contribution in [2.24, 2.45) is 5.92 Å². The maximum absolute atomic E-state index is 12.6. The van der Waals surface area contributed by atoms with Crippen molar-refractivity contribution < 1.29 is 14.5 Å². The lowest BCUT2D eigenvalue weighted by Crippen LogP contribution is -2.47. The van der Waals surface area contributed by atoms with Crippen LogP contribution >= 0.6 is 11.6 Å². The van der Waals surface area contributed by atoms with Crippen molar-refractivity contribution in [2.75, 3.05) is 5.32 Å². The van der Waals surface area contributed by atoms with Crippen LogP contribution in [0, 0.1) is 23.0 Å². The Bertz CT molecular complexity index is 885. The first-order valence-corrected chi connectivity index (χ1v) is 8.55. The quantitative estimate of drug-likeness (QED) is 0.579. The van der Waals surface area contributed by atoms with E-state index < -0.39 is 22.8 Å². The first-order valence-electron chi connectivity index (χ1n) is 8.17. The highest BCUT2D eigenvalue weighted by Gasteiger charge is 2.26. The first kappa shape index (κ1) is 20.3. The summed E-state index contributed by atoms with van der Waals surface area (Å²) in [5.41, 5.74) is 0.762. The summed E-state index contributed by atoms with van der Waals surface area (Å²) in [4.78, 5) is 39.3. The van der Waals surface area contributed by atoms with E-state index in [1.54, 1.807) is 32.2 Å². The molecule has 0 saturated heterocycles. The Morgan fingerprint density at radius 3 is 2.48 bits per heavy atom. The van der Waals surface area contributed by atoms with Crippen LogP contribution in [0.2, 0.25) is 5.02 Å². The molecule has 1 aromatic carbocycles. The summed E-state index contributed by atoms with van der Waals surface area (Å²) in [6.07, 6.45) is 1.57. The molecule has 27 heavy (non-hydrogen) atoms. The van der Waals surface area contributed by atoms with E-state index in [0.29, 0.717) is 5.82 Å². The summed E-state index contributed by atoms with van der Waals surface area (Å²) in [7, 11) is 0. The number of nitro benzene ring substituents is 1. The number of carbonyl (C=O) groups excluding carboxylic acids is 2. The molecule has 1 atom stereocenters. The van der Waals surface area contributed by atoms with Gasteiger partial charge in [-0.25, -0.2) is 4.98 Å². The average molecular weight is 391 g/mol. The monoisotopic (exact) mass is 390 g/mol. The minimum absolute atomic E-state index is 0.0504. The predicted molar refractivity (Wildman–Crippen MR) is 102 cm³/mol. The zero-order chi connectivity index (χ0) is 20.1. The summed E-state index contributed by atoms with van der Waals surface area (Å²) in [6.45, 7) is 5.44. The molecular formula is C18H19ClN4O4. The normalized spacial score (nSPS) is 11.7. The third-order valence-electron chi connectivity index (χ3n) is 3.81. The van der Waals surface area contributed by atoms with Crippen LogP contribution in [0.4, 0.5) is 11.5 Å². The van der Waals surface area contributed by atoms with Gasteiger partial charge in [0.25, 0.3) is 11.6 Å². The highest BCUT2D eigenvalue weighted by Crippen LogP contribution is 2.22. The van der Waals surface area contributed by atoms with Gasteiger partial charge >= 0.3 is 0 Å². The second-order valence-electron chi connectivity index (χ2n) is 6.32. The number of hydrogen-bond donors (Lipinski definition) is 2. The van der Waals surface area contributed by atoms with Gasteiger partial charge in [-0.2, -0.15) is 0 Å². The number of hydrogen-bond acceptors (Lipinski definition) is 5. The van der Waals surface area contributed by atoms with E-state index in [9.17, 15) is 19.7 Å². The van der Waals surface area contributed by atoms with Crippen molar-refractivity contribution >= 4 is 34.9 Å². The Hall–Kier alpha value is -3.00. The maximum atomic E-state index is 12.6. The van der Waals surface area contributed by atoms with E-state index >= 15 is 0 Å². The summed E-state index contributed by atoms with van der Waals surface area (Å²) >= 11 is 5.98. The molecule has 2 N–H and O–H groups in total. The second-order valence-corrected chi connectivity index (χ2v) is 6.73. The molecule has 0 bridgehead atoms. The van der Waals surface area contributed by atoms with Crippen molar-refractivity contribution in [1.29, 1.82) is 0 Å². The van der Waals surface area contributed by atoms with Crippen LogP contribution in [0.25, 0.3) is 0 Å². The largest absolute Gasteiger partial charge is 0.340 e. The highest BCUT2D eigenvalue weighted by atomic mass is 35.5. The van der Waals surface area contributed by atoms with Crippen LogP contribution in [0.5, 0.6) is 0 Å². The van der Waals surface area contributed by atoms with Crippen molar-refractivity contribution in [1.82, 2.24) is 10.3 Å². The Morgan fingerprint density at radius 1 is 1.22 bits per heavy atom. The fourth-order valence-corrected chi connectivity index (χ4v) is 2.62. The van der Waals surface area contributed by atoms with Crippen molar-refractivity contribution in [3.05, 3.63) is 62.8 Å². The van der Waals surface area contributed by atoms with Crippen LogP contribution in [-0.4, -0.2) is 27.8 Å². The van der Waals surface area contributed by atoms with Crippen LogP contribution in [0.3, 0.4) is 0 Å². The molecule has 9 heteroatoms. The molecule has 2 rings (SSSR count). The number of nitrogens with zero attached hydrogens (tertiary/aromatic N) is 2. The first-order chi connectivity index (χ1) is 12.7. The topological polar surface area (TPSA) is 114 Å². The van der Waals surface area contributed by atoms with Gasteiger partial charge in [0.15, 0.2) is 0 Å². The number of aromatic nitrogens is 1. The minimum atomic E-state index is -0.842. The zero-order valence-corrected chi connectivity index (χ0v) is 15.8. The van der Waals surface area contributed by atoms with Crippen LogP contribution in [0.15, 0.2) is 36.5 Å². The van der Waals surface area contributed by atoms with Gasteiger partial charge in [0, 0.05) is 18.3 Å². The molecular weight excluding hydrogens is 372 g/mol. The van der Waals surface area contributed by atoms with Gasteiger partial charge in [-0.05, 0) is 36.6 Å². The number of pyridine rings is 1. The third kappa shape index (κ3) is 5.24. The summed E-state index contributed by atoms with van der Waals surface area (Å²) in [5.74, 6) is -0.848. The van der Waals surface area contributed by atoms with Crippen LogP contribution < -0.4 is 10.6 Å². The molecule has 8 nitrogen and oxygen atoms in total. The lowest BCUT2D eigenvalue weighted by molar-refractivity contribution is -0.384. The molecule has 0 aliphatic carbocycles. The maximum Gasteiger partial charge on any atom is 0.270 e. The van der Waals surface area contributed by atoms with E-state index in [4.69, 9.17) is 11.6 Å². The van der Waals surface area contributed by atoms with Gasteiger partial charge in [-0.3, -0.25) is 19.7 Å². The van der Waals surface area contributed by atoms with Gasteiger partial charge in [-0.15, -0.1) is 0 Å². The number of amides is 2. The average Bonchev–Trinajstić information content (AvgIpc) is 2.58. The number of aryl methyl sites for hydroxylation is 1. The Balaban J connectivity index is 2.16. The number of nitro groups is 1. The molecule has 0 aliphatic rings. The Labute approximate surface area is 161 Å². The molecule has 2 aromatic rings. The van der Waals surface area contributed by atoms with E-state index in [0.717, 1.165) is 11.6 Å². The Morgan fingerprint density at radius 2 is 1.93 bits per heavy atom. The fourth-order valence-electron chi connectivity index (χ4n) is 2.36. The molecule has 0 aliphatic heterocycles. The van der Waals surface area contributed by atoms with Gasteiger partial charge in [0.1, 0.15) is 11.9 Å². The van der Waals surface area contributed by atoms with Gasteiger partial charge in [-0.1, -0.05) is 25.4 Å². The molecule has 2 amide bonds. The van der Waals surface area contributed by atoms with E-state index in [2.05, 4.69) is 15.6 Å². The highest BCUT2D eigenvalue weighted by molar-refractivity contribution is 6.34. The SMILES string of the molecule is Cc1ccnc(NC(=O)[C@@H](NC(=O)c2ccc([N+](=O)[O-])cc2Cl)C(C)C)c1. The molecule has 1 aromatic heterocycles. The number of nitrogens with one attached hydrogen (secondary N) is 2. The van der Waals surface area contributed by atoms with E-state index in [-0.39, 0.29) is 22.2 Å². The lowest BCUT2D eigenvalue weighted by Gasteiger charge is -2.21. The van der Waals surface area contributed by atoms with Crippen LogP contribution in [0.1, 0.15) is 29.8 Å². The minimum Gasteiger partial charge on any atom is -0.340 e. The predicted octanol–water partition coefficient (Wildman–Crippen LogP) is 3.34. The molecule has 0 saturated carbocycles. The number of carbonyl (C=O) groups is 2. The second kappa shape index (κ2) is 8.59. The summed E-state index contributed by atoms with van der Waals surface area (Å²) in [5, 5.41) is 16.0. The number of non-ortho nitro benzene ring substituents is 1. The number of rotatable bonds is 6. The molecule has 0 fully saturated rings. The van der Waals surface area contributed by atoms with Crippen molar-refractivity contribution in [2.45, 2.75) is 26.8 Å². The number of halogens is 1. The van der Waals surface area contributed by atoms with E-state index in [1.165, 1.54) is 12.1 Å². The summed E-state index contributed by atoms with van der Waals surface area (Å²) in [6, 6.07) is 6.20. The smallest absolute Gasteiger partial charge is 0.270 e.